The van der Waals surface area contributed by atoms with Crippen molar-refractivity contribution in [3.8, 4) is 0 Å². The van der Waals surface area contributed by atoms with Crippen molar-refractivity contribution in [2.24, 2.45) is 0 Å². The normalized spacial score (nSPS) is 11.6. The van der Waals surface area contributed by atoms with Crippen LogP contribution in [-0.2, 0) is 4.79 Å². The van der Waals surface area contributed by atoms with E-state index in [9.17, 15) is 4.79 Å². The molecule has 46 valence electrons. The van der Waals surface area contributed by atoms with Crippen molar-refractivity contribution in [1.82, 2.24) is 0 Å². The Bertz CT molecular complexity index is 116. The summed E-state index contributed by atoms with van der Waals surface area (Å²) in [5, 5.41) is -0.0689. The van der Waals surface area contributed by atoms with Crippen molar-refractivity contribution < 1.29 is 4.79 Å². The van der Waals surface area contributed by atoms with E-state index in [1.54, 1.807) is 0 Å². The Morgan fingerprint density at radius 3 is 2.38 bits per heavy atom. The zero-order chi connectivity index (χ0) is 6.57. The molecule has 0 rings (SSSR count). The van der Waals surface area contributed by atoms with Gasteiger partial charge in [0.25, 0.3) is 0 Å². The van der Waals surface area contributed by atoms with Gasteiger partial charge in [-0.1, -0.05) is 11.6 Å². The molecule has 0 aliphatic carbocycles. The van der Waals surface area contributed by atoms with E-state index in [0.29, 0.717) is 6.42 Å². The molecule has 1 nitrogen and oxygen atoms in total. The highest BCUT2D eigenvalue weighted by Gasteiger charge is 1.92. The van der Waals surface area contributed by atoms with Crippen molar-refractivity contribution >= 4 is 17.7 Å². The smallest absolute Gasteiger partial charge is 0.189 e. The van der Waals surface area contributed by atoms with Crippen LogP contribution in [0.15, 0.2) is 11.6 Å². The molecule has 0 saturated heterocycles. The molecule has 0 aliphatic heterocycles. The third kappa shape index (κ3) is 3.93. The topological polar surface area (TPSA) is 17.1 Å². The summed E-state index contributed by atoms with van der Waals surface area (Å²) in [6.07, 6.45) is 2.38. The standard InChI is InChI=1S/C6H10OS/c1-3-5(2)4-6(7)8/h3H,4H2,1-2H3,(H,7,8)/b5-3+. The van der Waals surface area contributed by atoms with Crippen molar-refractivity contribution in [3.63, 3.8) is 0 Å². The molecule has 8 heavy (non-hydrogen) atoms. The second-order valence-electron chi connectivity index (χ2n) is 1.71. The first-order valence-corrected chi connectivity index (χ1v) is 2.95. The van der Waals surface area contributed by atoms with E-state index < -0.39 is 0 Å². The van der Waals surface area contributed by atoms with Crippen LogP contribution in [-0.4, -0.2) is 5.12 Å². The zero-order valence-corrected chi connectivity index (χ0v) is 6.03. The Morgan fingerprint density at radius 2 is 2.25 bits per heavy atom. The van der Waals surface area contributed by atoms with Gasteiger partial charge < -0.3 is 0 Å². The highest BCUT2D eigenvalue weighted by atomic mass is 32.1. The maximum absolute atomic E-state index is 10.2. The molecule has 0 saturated carbocycles. The lowest BCUT2D eigenvalue weighted by atomic mass is 10.2. The fourth-order valence-electron chi connectivity index (χ4n) is 0.341. The molecule has 0 amide bonds. The first-order chi connectivity index (χ1) is 3.66. The van der Waals surface area contributed by atoms with Crippen LogP contribution in [0.25, 0.3) is 0 Å². The minimum Gasteiger partial charge on any atom is -0.287 e. The van der Waals surface area contributed by atoms with E-state index in [1.165, 1.54) is 0 Å². The van der Waals surface area contributed by atoms with E-state index >= 15 is 0 Å². The van der Waals surface area contributed by atoms with Gasteiger partial charge in [0, 0.05) is 6.42 Å². The van der Waals surface area contributed by atoms with Gasteiger partial charge in [-0.25, -0.2) is 0 Å². The maximum atomic E-state index is 10.2. The van der Waals surface area contributed by atoms with E-state index in [1.807, 2.05) is 19.9 Å². The van der Waals surface area contributed by atoms with Crippen LogP contribution >= 0.6 is 12.6 Å². The summed E-state index contributed by atoms with van der Waals surface area (Å²) in [5.74, 6) is 0. The molecule has 2 heteroatoms. The summed E-state index contributed by atoms with van der Waals surface area (Å²) in [6.45, 7) is 3.82. The third-order valence-electron chi connectivity index (χ3n) is 0.923. The Balaban J connectivity index is 3.56. The van der Waals surface area contributed by atoms with E-state index in [-0.39, 0.29) is 5.12 Å². The van der Waals surface area contributed by atoms with Crippen molar-refractivity contribution in [3.05, 3.63) is 11.6 Å². The van der Waals surface area contributed by atoms with Crippen molar-refractivity contribution in [2.45, 2.75) is 20.3 Å². The van der Waals surface area contributed by atoms with Crippen LogP contribution in [0.5, 0.6) is 0 Å². The van der Waals surface area contributed by atoms with Gasteiger partial charge >= 0.3 is 0 Å². The first-order valence-electron chi connectivity index (χ1n) is 2.50. The Labute approximate surface area is 55.2 Å². The average molecular weight is 130 g/mol. The van der Waals surface area contributed by atoms with E-state index in [0.717, 1.165) is 5.57 Å². The molecule has 0 aromatic carbocycles. The lowest BCUT2D eigenvalue weighted by Gasteiger charge is -1.90. The molecule has 0 bridgehead atoms. The highest BCUT2D eigenvalue weighted by Crippen LogP contribution is 2.00. The van der Waals surface area contributed by atoms with Crippen LogP contribution < -0.4 is 0 Å². The maximum Gasteiger partial charge on any atom is 0.189 e. The molecule has 0 aromatic rings. The average Bonchev–Trinajstić information content (AvgIpc) is 1.65. The molecule has 0 aromatic heterocycles. The second kappa shape index (κ2) is 3.72. The van der Waals surface area contributed by atoms with Crippen molar-refractivity contribution in [1.29, 1.82) is 0 Å². The number of hydrogen-bond acceptors (Lipinski definition) is 1. The summed E-state index contributed by atoms with van der Waals surface area (Å²) in [6, 6.07) is 0. The monoisotopic (exact) mass is 130 g/mol. The SMILES string of the molecule is C/C=C(\C)CC(=O)S. The molecular weight excluding hydrogens is 120 g/mol. The number of carbonyl (C=O) groups excluding carboxylic acids is 1. The second-order valence-corrected chi connectivity index (χ2v) is 2.20. The molecule has 0 spiro atoms. The molecule has 0 unspecified atom stereocenters. The van der Waals surface area contributed by atoms with Crippen LogP contribution in [0.2, 0.25) is 0 Å². The van der Waals surface area contributed by atoms with Gasteiger partial charge in [0.15, 0.2) is 5.12 Å². The zero-order valence-electron chi connectivity index (χ0n) is 5.14. The van der Waals surface area contributed by atoms with Crippen LogP contribution in [0.3, 0.4) is 0 Å². The molecule has 0 aliphatic rings. The van der Waals surface area contributed by atoms with Gasteiger partial charge in [-0.05, 0) is 13.8 Å². The van der Waals surface area contributed by atoms with Gasteiger partial charge in [0.2, 0.25) is 0 Å². The summed E-state index contributed by atoms with van der Waals surface area (Å²) >= 11 is 3.61. The number of hydrogen-bond donors (Lipinski definition) is 1. The van der Waals surface area contributed by atoms with Gasteiger partial charge in [-0.15, -0.1) is 12.6 Å². The van der Waals surface area contributed by atoms with Gasteiger partial charge in [0.1, 0.15) is 0 Å². The summed E-state index contributed by atoms with van der Waals surface area (Å²) in [7, 11) is 0. The first kappa shape index (κ1) is 7.76. The molecule has 0 radical (unpaired) electrons. The summed E-state index contributed by atoms with van der Waals surface area (Å²) < 4.78 is 0. The predicted octanol–water partition coefficient (Wildman–Crippen LogP) is 1.80. The Morgan fingerprint density at radius 1 is 1.75 bits per heavy atom. The number of rotatable bonds is 2. The van der Waals surface area contributed by atoms with Crippen LogP contribution in [0.1, 0.15) is 20.3 Å². The quantitative estimate of drug-likeness (QED) is 0.445. The lowest BCUT2D eigenvalue weighted by Crippen LogP contribution is -1.85. The molecule has 0 heterocycles. The van der Waals surface area contributed by atoms with Crippen LogP contribution in [0, 0.1) is 0 Å². The summed E-state index contributed by atoms with van der Waals surface area (Å²) in [4.78, 5) is 10.2. The fraction of sp³-hybridized carbons (Fsp3) is 0.500. The molecular formula is C6H10OS. The number of carbonyl (C=O) groups is 1. The molecule has 0 atom stereocenters. The highest BCUT2D eigenvalue weighted by molar-refractivity contribution is 7.96. The molecule has 0 N–H and O–H groups in total. The third-order valence-corrected chi connectivity index (χ3v) is 1.08. The number of allylic oxidation sites excluding steroid dienone is 2. The summed E-state index contributed by atoms with van der Waals surface area (Å²) in [5.41, 5.74) is 1.07. The number of thiol groups is 1. The Hall–Kier alpha value is -0.240. The minimum absolute atomic E-state index is 0.0689. The van der Waals surface area contributed by atoms with E-state index in [4.69, 9.17) is 0 Å². The van der Waals surface area contributed by atoms with Crippen LogP contribution in [0.4, 0.5) is 0 Å². The minimum atomic E-state index is -0.0689. The fourth-order valence-corrected chi connectivity index (χ4v) is 0.590. The van der Waals surface area contributed by atoms with Gasteiger partial charge in [-0.3, -0.25) is 4.79 Å². The lowest BCUT2D eigenvalue weighted by molar-refractivity contribution is -0.110. The Kier molecular flexibility index (Phi) is 3.61. The molecule has 0 fully saturated rings. The largest absolute Gasteiger partial charge is 0.287 e. The van der Waals surface area contributed by atoms with Gasteiger partial charge in [-0.2, -0.15) is 0 Å². The van der Waals surface area contributed by atoms with Gasteiger partial charge in [0.05, 0.1) is 0 Å². The van der Waals surface area contributed by atoms with E-state index in [2.05, 4.69) is 12.6 Å². The van der Waals surface area contributed by atoms with Crippen molar-refractivity contribution in [2.75, 3.05) is 0 Å². The predicted molar refractivity (Wildman–Crippen MR) is 38.0 cm³/mol.